The van der Waals surface area contributed by atoms with Crippen molar-refractivity contribution in [3.8, 4) is 5.75 Å². The minimum Gasteiger partial charge on any atom is -0.491 e. The van der Waals surface area contributed by atoms with E-state index in [1.54, 1.807) is 0 Å². The van der Waals surface area contributed by atoms with Crippen molar-refractivity contribution in [2.45, 2.75) is 26.3 Å². The molecular weight excluding hydrogens is 305 g/mol. The fourth-order valence-corrected chi connectivity index (χ4v) is 2.05. The summed E-state index contributed by atoms with van der Waals surface area (Å²) in [5, 5.41) is 12.1. The van der Waals surface area contributed by atoms with E-state index in [0.29, 0.717) is 0 Å². The van der Waals surface area contributed by atoms with Gasteiger partial charge in [0, 0.05) is 11.1 Å². The van der Waals surface area contributed by atoms with E-state index in [0.717, 1.165) is 0 Å². The fraction of sp³-hybridized carbons (Fsp3) is 0.385. The number of hydrogen-bond donors (Lipinski definition) is 2. The minimum absolute atomic E-state index is 0.0147. The van der Waals surface area contributed by atoms with Crippen LogP contribution in [0.15, 0.2) is 12.1 Å². The lowest BCUT2D eigenvalue weighted by Gasteiger charge is -2.12. The van der Waals surface area contributed by atoms with Crippen LogP contribution in [-0.4, -0.2) is 29.6 Å². The van der Waals surface area contributed by atoms with Gasteiger partial charge < -0.3 is 15.2 Å². The number of amides is 1. The molecule has 0 heterocycles. The zero-order chi connectivity index (χ0) is 15.3. The number of halogens is 2. The average molecular weight is 320 g/mol. The molecule has 0 aliphatic heterocycles. The quantitative estimate of drug-likeness (QED) is 0.845. The largest absolute Gasteiger partial charge is 0.491 e. The Bertz CT molecular complexity index is 517. The maximum atomic E-state index is 11.4. The Balaban J connectivity index is 2.73. The third-order valence-electron chi connectivity index (χ3n) is 2.26. The zero-order valence-electron chi connectivity index (χ0n) is 11.1. The molecule has 1 rings (SSSR count). The topological polar surface area (TPSA) is 75.6 Å². The van der Waals surface area contributed by atoms with Gasteiger partial charge in [0.25, 0.3) is 0 Å². The first-order valence-corrected chi connectivity index (χ1v) is 6.71. The maximum Gasteiger partial charge on any atom is 0.339 e. The molecule has 0 spiro atoms. The summed E-state index contributed by atoms with van der Waals surface area (Å²) in [6, 6.07) is 2.68. The molecule has 20 heavy (non-hydrogen) atoms. The van der Waals surface area contributed by atoms with Crippen LogP contribution in [0.3, 0.4) is 0 Å². The van der Waals surface area contributed by atoms with Crippen molar-refractivity contribution in [2.75, 3.05) is 6.61 Å². The number of carboxylic acid groups (broad SMARTS) is 1. The summed E-state index contributed by atoms with van der Waals surface area (Å²) in [6.07, 6.45) is 0.107. The molecule has 5 nitrogen and oxygen atoms in total. The van der Waals surface area contributed by atoms with Gasteiger partial charge in [-0.05, 0) is 26.0 Å². The van der Waals surface area contributed by atoms with Crippen LogP contribution in [0.2, 0.25) is 10.0 Å². The van der Waals surface area contributed by atoms with Crippen LogP contribution in [-0.2, 0) is 4.79 Å². The molecule has 0 fully saturated rings. The smallest absolute Gasteiger partial charge is 0.339 e. The maximum absolute atomic E-state index is 11.4. The Kier molecular flexibility index (Phi) is 6.10. The predicted molar refractivity (Wildman–Crippen MR) is 76.8 cm³/mol. The van der Waals surface area contributed by atoms with Gasteiger partial charge in [0.1, 0.15) is 5.56 Å². The molecule has 0 unspecified atom stereocenters. The van der Waals surface area contributed by atoms with Crippen molar-refractivity contribution in [1.29, 1.82) is 0 Å². The lowest BCUT2D eigenvalue weighted by atomic mass is 10.2. The molecule has 1 aromatic rings. The second-order valence-corrected chi connectivity index (χ2v) is 5.23. The summed E-state index contributed by atoms with van der Waals surface area (Å²) in [5.74, 6) is -1.36. The zero-order valence-corrected chi connectivity index (χ0v) is 12.6. The van der Waals surface area contributed by atoms with Gasteiger partial charge in [0.2, 0.25) is 5.91 Å². The molecule has 110 valence electrons. The molecular formula is C13H15Cl2NO4. The summed E-state index contributed by atoms with van der Waals surface area (Å²) in [7, 11) is 0. The third-order valence-corrected chi connectivity index (χ3v) is 2.76. The number of carboxylic acids is 1. The molecule has 0 aliphatic rings. The van der Waals surface area contributed by atoms with Crippen LogP contribution in [0.25, 0.3) is 0 Å². The Morgan fingerprint density at radius 1 is 1.35 bits per heavy atom. The molecule has 0 aliphatic carbocycles. The van der Waals surface area contributed by atoms with Crippen LogP contribution < -0.4 is 10.1 Å². The van der Waals surface area contributed by atoms with Gasteiger partial charge in [-0.15, -0.1) is 0 Å². The number of rotatable bonds is 6. The highest BCUT2D eigenvalue weighted by molar-refractivity contribution is 6.36. The summed E-state index contributed by atoms with van der Waals surface area (Å²) in [5.41, 5.74) is -0.133. The fourth-order valence-electron chi connectivity index (χ4n) is 1.51. The molecule has 0 atom stereocenters. The number of benzene rings is 1. The Morgan fingerprint density at radius 2 is 2.00 bits per heavy atom. The lowest BCUT2D eigenvalue weighted by Crippen LogP contribution is -2.31. The summed E-state index contributed by atoms with van der Waals surface area (Å²) in [6.45, 7) is 3.72. The first-order valence-electron chi connectivity index (χ1n) is 5.95. The summed E-state index contributed by atoms with van der Waals surface area (Å²) in [4.78, 5) is 22.5. The molecule has 0 aromatic heterocycles. The molecule has 0 saturated carbocycles. The standard InChI is InChI=1S/C13H15Cl2NO4/c1-7(2)16-11(17)3-4-20-12-9(13(18)19)5-8(14)6-10(12)15/h5-7H,3-4H2,1-2H3,(H,16,17)(H,18,19). The minimum atomic E-state index is -1.20. The Labute approximate surface area is 126 Å². The van der Waals surface area contributed by atoms with Crippen LogP contribution in [0.5, 0.6) is 5.75 Å². The van der Waals surface area contributed by atoms with E-state index in [1.165, 1.54) is 12.1 Å². The Hall–Kier alpha value is -1.46. The molecule has 1 amide bonds. The van der Waals surface area contributed by atoms with Crippen molar-refractivity contribution in [1.82, 2.24) is 5.32 Å². The molecule has 7 heteroatoms. The second kappa shape index (κ2) is 7.36. The van der Waals surface area contributed by atoms with E-state index in [9.17, 15) is 9.59 Å². The summed E-state index contributed by atoms with van der Waals surface area (Å²) < 4.78 is 5.30. The van der Waals surface area contributed by atoms with Crippen LogP contribution in [0, 0.1) is 0 Å². The average Bonchev–Trinajstić information content (AvgIpc) is 2.30. The van der Waals surface area contributed by atoms with Gasteiger partial charge in [-0.25, -0.2) is 4.79 Å². The van der Waals surface area contributed by atoms with E-state index < -0.39 is 5.97 Å². The number of carbonyl (C=O) groups excluding carboxylic acids is 1. The SMILES string of the molecule is CC(C)NC(=O)CCOc1c(Cl)cc(Cl)cc1C(=O)O. The van der Waals surface area contributed by atoms with Crippen molar-refractivity contribution < 1.29 is 19.4 Å². The predicted octanol–water partition coefficient (Wildman–Crippen LogP) is 2.99. The molecule has 0 saturated heterocycles. The second-order valence-electron chi connectivity index (χ2n) is 4.39. The van der Waals surface area contributed by atoms with E-state index in [1.807, 2.05) is 13.8 Å². The Morgan fingerprint density at radius 3 is 2.55 bits per heavy atom. The van der Waals surface area contributed by atoms with Crippen LogP contribution in [0.4, 0.5) is 0 Å². The first kappa shape index (κ1) is 16.6. The monoisotopic (exact) mass is 319 g/mol. The molecule has 1 aromatic carbocycles. The first-order chi connectivity index (χ1) is 9.31. The van der Waals surface area contributed by atoms with E-state index >= 15 is 0 Å². The van der Waals surface area contributed by atoms with E-state index in [4.69, 9.17) is 33.0 Å². The van der Waals surface area contributed by atoms with Crippen molar-refractivity contribution in [3.63, 3.8) is 0 Å². The number of hydrogen-bond acceptors (Lipinski definition) is 3. The highest BCUT2D eigenvalue weighted by Crippen LogP contribution is 2.32. The van der Waals surface area contributed by atoms with Crippen molar-refractivity contribution in [2.24, 2.45) is 0 Å². The van der Waals surface area contributed by atoms with Crippen molar-refractivity contribution in [3.05, 3.63) is 27.7 Å². The normalized spacial score (nSPS) is 10.4. The van der Waals surface area contributed by atoms with E-state index in [-0.39, 0.29) is 46.3 Å². The van der Waals surface area contributed by atoms with Crippen molar-refractivity contribution >= 4 is 35.1 Å². The number of ether oxygens (including phenoxy) is 1. The van der Waals surface area contributed by atoms with Gasteiger partial charge in [-0.3, -0.25) is 4.79 Å². The van der Waals surface area contributed by atoms with Gasteiger partial charge >= 0.3 is 5.97 Å². The van der Waals surface area contributed by atoms with Gasteiger partial charge in [0.15, 0.2) is 5.75 Å². The van der Waals surface area contributed by atoms with Gasteiger partial charge in [-0.2, -0.15) is 0 Å². The van der Waals surface area contributed by atoms with Crippen LogP contribution >= 0.6 is 23.2 Å². The third kappa shape index (κ3) is 4.90. The van der Waals surface area contributed by atoms with Gasteiger partial charge in [-0.1, -0.05) is 23.2 Å². The number of carbonyl (C=O) groups is 2. The molecule has 2 N–H and O–H groups in total. The summed E-state index contributed by atoms with van der Waals surface area (Å²) >= 11 is 11.6. The lowest BCUT2D eigenvalue weighted by molar-refractivity contribution is -0.122. The highest BCUT2D eigenvalue weighted by atomic mass is 35.5. The highest BCUT2D eigenvalue weighted by Gasteiger charge is 2.17. The number of nitrogens with one attached hydrogen (secondary N) is 1. The van der Waals surface area contributed by atoms with Gasteiger partial charge in [0.05, 0.1) is 18.1 Å². The molecule has 0 bridgehead atoms. The van der Waals surface area contributed by atoms with E-state index in [2.05, 4.69) is 5.32 Å². The number of aromatic carboxylic acids is 1. The van der Waals surface area contributed by atoms with Crippen LogP contribution in [0.1, 0.15) is 30.6 Å². The molecule has 0 radical (unpaired) electrons.